The van der Waals surface area contributed by atoms with Crippen LogP contribution in [-0.2, 0) is 11.2 Å². The molecule has 1 aromatic carbocycles. The van der Waals surface area contributed by atoms with Crippen molar-refractivity contribution >= 4 is 11.7 Å². The Balaban J connectivity index is 2.56. The fourth-order valence-electron chi connectivity index (χ4n) is 2.27. The first-order valence-corrected chi connectivity index (χ1v) is 6.65. The third-order valence-corrected chi connectivity index (χ3v) is 3.36. The molecule has 0 aliphatic heterocycles. The average molecular weight is 264 g/mol. The van der Waals surface area contributed by atoms with Gasteiger partial charge in [-0.3, -0.25) is 9.69 Å². The standard InChI is InChI=1S/C15H24N2O2/c1-11(2)14(15(18)19)17(4)10-9-12-5-7-13(16-3)8-6-12/h5-8,11,14,16H,9-10H2,1-4H3,(H,18,19). The highest BCUT2D eigenvalue weighted by molar-refractivity contribution is 5.73. The van der Waals surface area contributed by atoms with Crippen molar-refractivity contribution < 1.29 is 9.90 Å². The second-order valence-electron chi connectivity index (χ2n) is 5.20. The zero-order valence-electron chi connectivity index (χ0n) is 12.2. The maximum atomic E-state index is 11.2. The van der Waals surface area contributed by atoms with Gasteiger partial charge in [-0.15, -0.1) is 0 Å². The van der Waals surface area contributed by atoms with E-state index in [1.807, 2.05) is 45.0 Å². The van der Waals surface area contributed by atoms with Crippen molar-refractivity contribution in [2.45, 2.75) is 26.3 Å². The summed E-state index contributed by atoms with van der Waals surface area (Å²) in [6.45, 7) is 4.63. The second kappa shape index (κ2) is 7.14. The summed E-state index contributed by atoms with van der Waals surface area (Å²) in [7, 11) is 3.77. The summed E-state index contributed by atoms with van der Waals surface area (Å²) < 4.78 is 0. The molecule has 0 bridgehead atoms. The molecule has 19 heavy (non-hydrogen) atoms. The van der Waals surface area contributed by atoms with Crippen molar-refractivity contribution in [3.8, 4) is 0 Å². The van der Waals surface area contributed by atoms with Crippen LogP contribution in [0.5, 0.6) is 0 Å². The molecule has 2 N–H and O–H groups in total. The zero-order chi connectivity index (χ0) is 14.4. The fraction of sp³-hybridized carbons (Fsp3) is 0.533. The number of carboxylic acid groups (broad SMARTS) is 1. The molecule has 1 aromatic rings. The molecule has 1 unspecified atom stereocenters. The van der Waals surface area contributed by atoms with Crippen LogP contribution in [0.2, 0.25) is 0 Å². The summed E-state index contributed by atoms with van der Waals surface area (Å²) in [5.74, 6) is -0.641. The Morgan fingerprint density at radius 1 is 1.32 bits per heavy atom. The summed E-state index contributed by atoms with van der Waals surface area (Å²) in [5.41, 5.74) is 2.31. The van der Waals surface area contributed by atoms with E-state index in [0.717, 1.165) is 18.7 Å². The first kappa shape index (κ1) is 15.5. The number of rotatable bonds is 7. The van der Waals surface area contributed by atoms with Gasteiger partial charge in [0, 0.05) is 19.3 Å². The molecule has 106 valence electrons. The molecule has 0 saturated carbocycles. The lowest BCUT2D eigenvalue weighted by Gasteiger charge is -2.27. The van der Waals surface area contributed by atoms with Crippen molar-refractivity contribution in [3.63, 3.8) is 0 Å². The Kier molecular flexibility index (Phi) is 5.83. The van der Waals surface area contributed by atoms with E-state index in [1.165, 1.54) is 5.56 Å². The number of nitrogens with one attached hydrogen (secondary N) is 1. The molecule has 0 fully saturated rings. The van der Waals surface area contributed by atoms with Gasteiger partial charge in [0.05, 0.1) is 0 Å². The highest BCUT2D eigenvalue weighted by atomic mass is 16.4. The van der Waals surface area contributed by atoms with Crippen LogP contribution in [-0.4, -0.2) is 42.7 Å². The molecular formula is C15H24N2O2. The number of likely N-dealkylation sites (N-methyl/N-ethyl adjacent to an activating group) is 1. The lowest BCUT2D eigenvalue weighted by atomic mass is 10.0. The predicted molar refractivity (Wildman–Crippen MR) is 78.6 cm³/mol. The normalized spacial score (nSPS) is 12.7. The highest BCUT2D eigenvalue weighted by Crippen LogP contribution is 2.12. The number of nitrogens with zero attached hydrogens (tertiary/aromatic N) is 1. The first-order valence-electron chi connectivity index (χ1n) is 6.65. The van der Waals surface area contributed by atoms with E-state index in [9.17, 15) is 9.90 Å². The Morgan fingerprint density at radius 3 is 2.32 bits per heavy atom. The molecule has 0 saturated heterocycles. The highest BCUT2D eigenvalue weighted by Gasteiger charge is 2.25. The summed E-state index contributed by atoms with van der Waals surface area (Å²) in [6, 6.07) is 7.80. The van der Waals surface area contributed by atoms with Gasteiger partial charge in [-0.05, 0) is 37.1 Å². The maximum Gasteiger partial charge on any atom is 0.321 e. The third-order valence-electron chi connectivity index (χ3n) is 3.36. The van der Waals surface area contributed by atoms with Gasteiger partial charge < -0.3 is 10.4 Å². The smallest absolute Gasteiger partial charge is 0.321 e. The summed E-state index contributed by atoms with van der Waals surface area (Å²) in [4.78, 5) is 13.1. The quantitative estimate of drug-likeness (QED) is 0.793. The van der Waals surface area contributed by atoms with Gasteiger partial charge in [0.15, 0.2) is 0 Å². The van der Waals surface area contributed by atoms with E-state index in [1.54, 1.807) is 0 Å². The van der Waals surface area contributed by atoms with Crippen LogP contribution in [0.1, 0.15) is 19.4 Å². The van der Waals surface area contributed by atoms with Crippen molar-refractivity contribution in [2.75, 3.05) is 26.0 Å². The average Bonchev–Trinajstić information content (AvgIpc) is 2.36. The van der Waals surface area contributed by atoms with Crippen LogP contribution in [0, 0.1) is 5.92 Å². The fourth-order valence-corrected chi connectivity index (χ4v) is 2.27. The van der Waals surface area contributed by atoms with E-state index in [-0.39, 0.29) is 5.92 Å². The molecule has 4 heteroatoms. The van der Waals surface area contributed by atoms with Gasteiger partial charge in [-0.2, -0.15) is 0 Å². The monoisotopic (exact) mass is 264 g/mol. The molecule has 0 radical (unpaired) electrons. The molecule has 0 heterocycles. The lowest BCUT2D eigenvalue weighted by molar-refractivity contribution is -0.144. The van der Waals surface area contributed by atoms with Gasteiger partial charge in [-0.1, -0.05) is 26.0 Å². The van der Waals surface area contributed by atoms with Crippen LogP contribution in [0.3, 0.4) is 0 Å². The van der Waals surface area contributed by atoms with E-state index in [4.69, 9.17) is 0 Å². The molecule has 0 aromatic heterocycles. The SMILES string of the molecule is CNc1ccc(CCN(C)C(C(=O)O)C(C)C)cc1. The zero-order valence-corrected chi connectivity index (χ0v) is 12.2. The van der Waals surface area contributed by atoms with E-state index < -0.39 is 12.0 Å². The summed E-state index contributed by atoms with van der Waals surface area (Å²) in [5, 5.41) is 12.3. The van der Waals surface area contributed by atoms with E-state index >= 15 is 0 Å². The molecule has 0 aliphatic carbocycles. The maximum absolute atomic E-state index is 11.2. The topological polar surface area (TPSA) is 52.6 Å². The van der Waals surface area contributed by atoms with Gasteiger partial charge in [-0.25, -0.2) is 0 Å². The predicted octanol–water partition coefficient (Wildman–Crippen LogP) is 2.31. The number of aliphatic carboxylic acids is 1. The Hall–Kier alpha value is -1.55. The number of hydrogen-bond donors (Lipinski definition) is 2. The largest absolute Gasteiger partial charge is 0.480 e. The van der Waals surface area contributed by atoms with Crippen molar-refractivity contribution in [1.82, 2.24) is 4.90 Å². The van der Waals surface area contributed by atoms with Crippen molar-refractivity contribution in [1.29, 1.82) is 0 Å². The molecule has 0 amide bonds. The van der Waals surface area contributed by atoms with Crippen LogP contribution in [0.15, 0.2) is 24.3 Å². The van der Waals surface area contributed by atoms with Crippen LogP contribution in [0.25, 0.3) is 0 Å². The summed E-state index contributed by atoms with van der Waals surface area (Å²) >= 11 is 0. The van der Waals surface area contributed by atoms with Crippen molar-refractivity contribution in [2.24, 2.45) is 5.92 Å². The molecular weight excluding hydrogens is 240 g/mol. The van der Waals surface area contributed by atoms with Gasteiger partial charge >= 0.3 is 5.97 Å². The third kappa shape index (κ3) is 4.56. The lowest BCUT2D eigenvalue weighted by Crippen LogP contribution is -2.43. The summed E-state index contributed by atoms with van der Waals surface area (Å²) in [6.07, 6.45) is 0.858. The first-order chi connectivity index (χ1) is 8.95. The molecule has 1 rings (SSSR count). The number of anilines is 1. The molecule has 4 nitrogen and oxygen atoms in total. The van der Waals surface area contributed by atoms with Crippen LogP contribution < -0.4 is 5.32 Å². The molecule has 1 atom stereocenters. The van der Waals surface area contributed by atoms with Gasteiger partial charge in [0.25, 0.3) is 0 Å². The number of carbonyl (C=O) groups is 1. The number of carboxylic acids is 1. The minimum atomic E-state index is -0.747. The van der Waals surface area contributed by atoms with Gasteiger partial charge in [0.1, 0.15) is 6.04 Å². The number of hydrogen-bond acceptors (Lipinski definition) is 3. The Morgan fingerprint density at radius 2 is 1.89 bits per heavy atom. The van der Waals surface area contributed by atoms with Crippen LogP contribution >= 0.6 is 0 Å². The minimum absolute atomic E-state index is 0.106. The Bertz CT molecular complexity index is 401. The number of benzene rings is 1. The Labute approximate surface area is 115 Å². The molecule has 0 spiro atoms. The van der Waals surface area contributed by atoms with E-state index in [0.29, 0.717) is 0 Å². The second-order valence-corrected chi connectivity index (χ2v) is 5.20. The molecule has 0 aliphatic rings. The minimum Gasteiger partial charge on any atom is -0.480 e. The van der Waals surface area contributed by atoms with Crippen LogP contribution in [0.4, 0.5) is 5.69 Å². The van der Waals surface area contributed by atoms with E-state index in [2.05, 4.69) is 17.4 Å². The van der Waals surface area contributed by atoms with Crippen molar-refractivity contribution in [3.05, 3.63) is 29.8 Å². The van der Waals surface area contributed by atoms with Gasteiger partial charge in [0.2, 0.25) is 0 Å².